The molecule has 1 aromatic carbocycles. The molecule has 1 aliphatic heterocycles. The number of aliphatic hydroxyl groups excluding tert-OH is 1. The predicted molar refractivity (Wildman–Crippen MR) is 152 cm³/mol. The second-order valence-electron chi connectivity index (χ2n) is 10.3. The average Bonchev–Trinajstić information content (AvgIpc) is 3.07. The summed E-state index contributed by atoms with van der Waals surface area (Å²) in [6, 6.07) is 3.59. The number of nitrogens with one attached hydrogen (secondary N) is 3. The maximum Gasteiger partial charge on any atom is 0.415 e. The highest BCUT2D eigenvalue weighted by Crippen LogP contribution is 2.37. The third kappa shape index (κ3) is 8.32. The highest BCUT2D eigenvalue weighted by atomic mass is 35.5. The minimum absolute atomic E-state index is 0.00506. The van der Waals surface area contributed by atoms with Gasteiger partial charge in [0.2, 0.25) is 17.2 Å². The number of β-amino-alcohol motifs (C(OH)–C–C–N with tert-alkyl or cyclic N) is 1. The number of likely N-dealkylation sites (N-methyl/N-ethyl adjacent to an activating group) is 1. The molecule has 0 bridgehead atoms. The molecule has 2 heterocycles. The summed E-state index contributed by atoms with van der Waals surface area (Å²) in [6.07, 6.45) is -1.85. The Morgan fingerprint density at radius 3 is 2.73 bits per heavy atom. The van der Waals surface area contributed by atoms with Crippen molar-refractivity contribution in [1.29, 1.82) is 0 Å². The van der Waals surface area contributed by atoms with Crippen LogP contribution in [0, 0.1) is 5.92 Å². The highest BCUT2D eigenvalue weighted by molar-refractivity contribution is 7.77. The number of rotatable bonds is 10. The molecule has 41 heavy (non-hydrogen) atoms. The number of ether oxygens (including phenoxy) is 1. The van der Waals surface area contributed by atoms with Crippen molar-refractivity contribution in [1.82, 2.24) is 19.6 Å². The third-order valence-electron chi connectivity index (χ3n) is 7.46. The van der Waals surface area contributed by atoms with Crippen molar-refractivity contribution in [2.75, 3.05) is 55.9 Å². The molecular formula is C25H35ClF3N7O4S. The van der Waals surface area contributed by atoms with Gasteiger partial charge in [-0.25, -0.2) is 13.9 Å². The molecule has 0 radical (unpaired) electrons. The zero-order valence-corrected chi connectivity index (χ0v) is 24.3. The maximum atomic E-state index is 13.0. The summed E-state index contributed by atoms with van der Waals surface area (Å²) < 4.78 is 67.3. The Labute approximate surface area is 244 Å². The lowest BCUT2D eigenvalue weighted by molar-refractivity contribution is -0.208. The van der Waals surface area contributed by atoms with E-state index in [0.29, 0.717) is 41.9 Å². The van der Waals surface area contributed by atoms with Crippen LogP contribution in [0.15, 0.2) is 18.3 Å². The van der Waals surface area contributed by atoms with Crippen LogP contribution < -0.4 is 25.0 Å². The Balaban J connectivity index is 1.53. The van der Waals surface area contributed by atoms with Gasteiger partial charge in [0.25, 0.3) is 0 Å². The molecular weight excluding hydrogens is 587 g/mol. The molecule has 228 valence electrons. The summed E-state index contributed by atoms with van der Waals surface area (Å²) >= 11 is 4.33. The molecule has 4 rings (SSSR count). The molecule has 0 spiro atoms. The smallest absolute Gasteiger partial charge is 0.415 e. The second kappa shape index (κ2) is 13.7. The Morgan fingerprint density at radius 1 is 1.27 bits per heavy atom. The van der Waals surface area contributed by atoms with Gasteiger partial charge in [-0.1, -0.05) is 24.4 Å². The summed E-state index contributed by atoms with van der Waals surface area (Å²) in [6.45, 7) is 0.849. The first-order valence-corrected chi connectivity index (χ1v) is 14.7. The van der Waals surface area contributed by atoms with E-state index in [4.69, 9.17) is 20.9 Å². The lowest BCUT2D eigenvalue weighted by Crippen LogP contribution is -2.42. The van der Waals surface area contributed by atoms with Gasteiger partial charge in [-0.2, -0.15) is 18.2 Å². The van der Waals surface area contributed by atoms with Crippen LogP contribution >= 0.6 is 11.6 Å². The number of hydrogen-bond acceptors (Lipinski definition) is 9. The molecule has 1 unspecified atom stereocenters. The Morgan fingerprint density at radius 2 is 2.02 bits per heavy atom. The minimum Gasteiger partial charge on any atom is -0.495 e. The van der Waals surface area contributed by atoms with E-state index in [1.54, 1.807) is 11.0 Å². The van der Waals surface area contributed by atoms with E-state index < -0.39 is 30.1 Å². The second-order valence-corrected chi connectivity index (χ2v) is 11.5. The van der Waals surface area contributed by atoms with E-state index in [1.165, 1.54) is 13.3 Å². The fourth-order valence-electron chi connectivity index (χ4n) is 5.24. The van der Waals surface area contributed by atoms with Crippen molar-refractivity contribution in [2.24, 2.45) is 5.92 Å². The topological polar surface area (TPSA) is 135 Å². The van der Waals surface area contributed by atoms with E-state index in [2.05, 4.69) is 25.3 Å². The van der Waals surface area contributed by atoms with Gasteiger partial charge in [0.05, 0.1) is 19.0 Å². The number of nitrogens with zero attached hydrogens (tertiary/aromatic N) is 4. The van der Waals surface area contributed by atoms with Crippen LogP contribution in [0.2, 0.25) is 5.02 Å². The van der Waals surface area contributed by atoms with Gasteiger partial charge < -0.3 is 25.4 Å². The largest absolute Gasteiger partial charge is 0.495 e. The average molecular weight is 622 g/mol. The molecule has 2 aliphatic rings. The van der Waals surface area contributed by atoms with Gasteiger partial charge in [-0.3, -0.25) is 9.45 Å². The number of anilines is 4. The summed E-state index contributed by atoms with van der Waals surface area (Å²) in [5.41, 5.74) is 2.10. The molecule has 1 aliphatic carbocycles. The van der Waals surface area contributed by atoms with Gasteiger partial charge in [0, 0.05) is 51.5 Å². The van der Waals surface area contributed by atoms with Crippen molar-refractivity contribution in [3.05, 3.63) is 28.9 Å². The number of aliphatic hydroxyl groups is 1. The van der Waals surface area contributed by atoms with Crippen LogP contribution in [0.25, 0.3) is 0 Å². The standard InChI is InChI=1S/C25H35ClF3N7O4S/c1-35-7-8-36(14-22(37)25(27,28)29)13-16-9-21(40-2)19(10-20(16)35)33-24-30-12-17(26)23(34-24)32-18-6-4-3-5-15(18)11-31-41(38)39/h9-10,12,15,18,22,31,37H,3-8,11,13-14H2,1-2H3,(H,38,39)(H2,30,32,33,34)/t15-,18-,22-/m1/s1. The molecule has 16 heteroatoms. The van der Waals surface area contributed by atoms with E-state index in [1.807, 2.05) is 18.0 Å². The van der Waals surface area contributed by atoms with Crippen LogP contribution in [0.1, 0.15) is 31.2 Å². The van der Waals surface area contributed by atoms with Crippen LogP contribution in [0.3, 0.4) is 0 Å². The molecule has 0 amide bonds. The summed E-state index contributed by atoms with van der Waals surface area (Å²) in [7, 11) is 3.34. The number of alkyl halides is 3. The van der Waals surface area contributed by atoms with Gasteiger partial charge in [-0.05, 0) is 36.5 Å². The van der Waals surface area contributed by atoms with Gasteiger partial charge in [0.1, 0.15) is 10.8 Å². The number of halogens is 4. The summed E-state index contributed by atoms with van der Waals surface area (Å²) in [5.74, 6) is 1.23. The van der Waals surface area contributed by atoms with E-state index in [-0.39, 0.29) is 24.5 Å². The fourth-order valence-corrected chi connectivity index (χ4v) is 5.74. The number of hydrogen-bond donors (Lipinski definition) is 5. The molecule has 1 fully saturated rings. The van der Waals surface area contributed by atoms with Crippen LogP contribution in [-0.4, -0.2) is 87.4 Å². The molecule has 4 atom stereocenters. The molecule has 1 saturated carbocycles. The Kier molecular flexibility index (Phi) is 10.5. The first-order chi connectivity index (χ1) is 19.4. The SMILES string of the molecule is COc1cc2c(cc1Nc1ncc(Cl)c(N[C@@H]3CCCC[C@@H]3CNS(=O)O)n1)N(C)CCN(C[C@@H](O)C(F)(F)F)C2. The van der Waals surface area contributed by atoms with Crippen LogP contribution in [-0.2, 0) is 17.8 Å². The first-order valence-electron chi connectivity index (χ1n) is 13.2. The normalized spacial score (nSPS) is 21.5. The first kappa shape index (κ1) is 31.5. The number of benzene rings is 1. The van der Waals surface area contributed by atoms with Crippen LogP contribution in [0.4, 0.5) is 36.3 Å². The lowest BCUT2D eigenvalue weighted by Gasteiger charge is -2.32. The zero-order valence-electron chi connectivity index (χ0n) is 22.7. The van der Waals surface area contributed by atoms with E-state index in [0.717, 1.165) is 36.9 Å². The fraction of sp³-hybridized carbons (Fsp3) is 0.600. The Hall–Kier alpha value is -2.43. The zero-order chi connectivity index (χ0) is 29.7. The number of aromatic nitrogens is 2. The third-order valence-corrected chi connectivity index (χ3v) is 8.15. The minimum atomic E-state index is -4.69. The molecule has 5 N–H and O–H groups in total. The number of fused-ring (bicyclic) bond motifs is 1. The molecule has 11 nitrogen and oxygen atoms in total. The maximum absolute atomic E-state index is 13.0. The van der Waals surface area contributed by atoms with Crippen molar-refractivity contribution in [2.45, 2.75) is 50.6 Å². The van der Waals surface area contributed by atoms with E-state index in [9.17, 15) is 22.5 Å². The quantitative estimate of drug-likeness (QED) is 0.250. The van der Waals surface area contributed by atoms with Crippen LogP contribution in [0.5, 0.6) is 5.75 Å². The van der Waals surface area contributed by atoms with Crippen molar-refractivity contribution >= 4 is 46.0 Å². The lowest BCUT2D eigenvalue weighted by atomic mass is 9.84. The highest BCUT2D eigenvalue weighted by Gasteiger charge is 2.39. The summed E-state index contributed by atoms with van der Waals surface area (Å²) in [4.78, 5) is 12.4. The van der Waals surface area contributed by atoms with Gasteiger partial charge in [0.15, 0.2) is 11.9 Å². The Bertz CT molecular complexity index is 1230. The summed E-state index contributed by atoms with van der Waals surface area (Å²) in [5, 5.41) is 16.5. The predicted octanol–water partition coefficient (Wildman–Crippen LogP) is 3.75. The molecule has 1 aromatic heterocycles. The van der Waals surface area contributed by atoms with Crippen molar-refractivity contribution in [3.63, 3.8) is 0 Å². The monoisotopic (exact) mass is 621 g/mol. The molecule has 0 saturated heterocycles. The van der Waals surface area contributed by atoms with Gasteiger partial charge in [-0.15, -0.1) is 0 Å². The van der Waals surface area contributed by atoms with E-state index >= 15 is 0 Å². The van der Waals surface area contributed by atoms with Crippen molar-refractivity contribution in [3.8, 4) is 5.75 Å². The molecule has 2 aromatic rings. The van der Waals surface area contributed by atoms with Crippen molar-refractivity contribution < 1.29 is 31.8 Å². The van der Waals surface area contributed by atoms with Gasteiger partial charge >= 0.3 is 6.18 Å². The number of methoxy groups -OCH3 is 1.